The monoisotopic (exact) mass is 295 g/mol. The van der Waals surface area contributed by atoms with Crippen molar-refractivity contribution >= 4 is 29.5 Å². The molecule has 106 valence electrons. The molecule has 1 aliphatic rings. The van der Waals surface area contributed by atoms with Gasteiger partial charge in [-0.05, 0) is 17.7 Å². The van der Waals surface area contributed by atoms with E-state index in [9.17, 15) is 9.59 Å². The summed E-state index contributed by atoms with van der Waals surface area (Å²) >= 11 is 0. The van der Waals surface area contributed by atoms with Crippen LogP contribution in [0.4, 0.5) is 17.1 Å². The van der Waals surface area contributed by atoms with Gasteiger partial charge in [0.25, 0.3) is 10.9 Å². The van der Waals surface area contributed by atoms with E-state index in [2.05, 4.69) is 0 Å². The summed E-state index contributed by atoms with van der Waals surface area (Å²) in [6, 6.07) is 5.53. The zero-order valence-electron chi connectivity index (χ0n) is 10.6. The fourth-order valence-corrected chi connectivity index (χ4v) is 2.29. The Balaban J connectivity index is 0.00000147. The highest BCUT2D eigenvalue weighted by molar-refractivity contribution is 5.85. The number of anilines is 3. The third-order valence-corrected chi connectivity index (χ3v) is 3.31. The summed E-state index contributed by atoms with van der Waals surface area (Å²) in [7, 11) is 0. The predicted octanol–water partition coefficient (Wildman–Crippen LogP) is 0.276. The van der Waals surface area contributed by atoms with Crippen molar-refractivity contribution in [1.29, 1.82) is 0 Å². The van der Waals surface area contributed by atoms with Gasteiger partial charge in [-0.1, -0.05) is 6.07 Å². The maximum Gasteiger partial charge on any atom is 0.253 e. The summed E-state index contributed by atoms with van der Waals surface area (Å²) in [5.41, 5.74) is 12.0. The van der Waals surface area contributed by atoms with Crippen molar-refractivity contribution in [2.45, 2.75) is 6.54 Å². The van der Waals surface area contributed by atoms with Crippen LogP contribution in [0.25, 0.3) is 0 Å². The number of nitrogens with zero attached hydrogens (tertiary/aromatic N) is 1. The first-order valence-electron chi connectivity index (χ1n) is 5.95. The molecule has 3 rings (SSSR count). The summed E-state index contributed by atoms with van der Waals surface area (Å²) < 4.78 is 5.53. The van der Waals surface area contributed by atoms with Crippen molar-refractivity contribution in [3.8, 4) is 5.75 Å². The SMILES string of the molecule is Cl.NCc1ccc2c(c1)N(c1c(N)c(=O)c1=O)CCO2. The zero-order chi connectivity index (χ0) is 13.6. The van der Waals surface area contributed by atoms with Crippen LogP contribution in [0, 0.1) is 0 Å². The Hall–Kier alpha value is -2.05. The molecule has 0 aromatic heterocycles. The lowest BCUT2D eigenvalue weighted by Crippen LogP contribution is -2.43. The van der Waals surface area contributed by atoms with Gasteiger partial charge in [0, 0.05) is 6.54 Å². The number of halogens is 1. The van der Waals surface area contributed by atoms with Crippen molar-refractivity contribution < 1.29 is 4.74 Å². The highest BCUT2D eigenvalue weighted by Gasteiger charge is 2.28. The molecule has 0 saturated heterocycles. The number of hydrogen-bond acceptors (Lipinski definition) is 6. The van der Waals surface area contributed by atoms with Crippen molar-refractivity contribution in [2.24, 2.45) is 5.73 Å². The molecule has 0 bridgehead atoms. The third-order valence-electron chi connectivity index (χ3n) is 3.31. The van der Waals surface area contributed by atoms with Gasteiger partial charge in [-0.25, -0.2) is 0 Å². The van der Waals surface area contributed by atoms with E-state index in [0.717, 1.165) is 11.3 Å². The van der Waals surface area contributed by atoms with Crippen molar-refractivity contribution in [3.63, 3.8) is 0 Å². The Morgan fingerprint density at radius 3 is 2.65 bits per heavy atom. The van der Waals surface area contributed by atoms with E-state index >= 15 is 0 Å². The van der Waals surface area contributed by atoms with E-state index in [0.29, 0.717) is 25.4 Å². The van der Waals surface area contributed by atoms with E-state index in [1.54, 1.807) is 4.90 Å². The first-order chi connectivity index (χ1) is 9.13. The van der Waals surface area contributed by atoms with Crippen LogP contribution in [0.15, 0.2) is 27.8 Å². The Morgan fingerprint density at radius 2 is 2.00 bits per heavy atom. The number of nitrogens with two attached hydrogens (primary N) is 2. The average molecular weight is 296 g/mol. The molecule has 0 spiro atoms. The lowest BCUT2D eigenvalue weighted by atomic mass is 10.1. The molecule has 2 aromatic carbocycles. The lowest BCUT2D eigenvalue weighted by molar-refractivity contribution is 0.314. The van der Waals surface area contributed by atoms with Crippen molar-refractivity contribution in [2.75, 3.05) is 23.8 Å². The van der Waals surface area contributed by atoms with Crippen molar-refractivity contribution in [3.05, 3.63) is 44.2 Å². The van der Waals surface area contributed by atoms with Gasteiger partial charge in [0.1, 0.15) is 23.7 Å². The highest BCUT2D eigenvalue weighted by atomic mass is 35.5. The molecule has 0 aliphatic carbocycles. The van der Waals surface area contributed by atoms with Crippen LogP contribution >= 0.6 is 12.4 Å². The predicted molar refractivity (Wildman–Crippen MR) is 79.8 cm³/mol. The molecule has 1 aliphatic heterocycles. The van der Waals surface area contributed by atoms with E-state index < -0.39 is 10.9 Å². The number of fused-ring (bicyclic) bond motifs is 1. The topological polar surface area (TPSA) is 98.6 Å². The van der Waals surface area contributed by atoms with Gasteiger partial charge in [0.2, 0.25) is 0 Å². The standard InChI is InChI=1S/C13H13N3O3.ClH/c14-6-7-1-2-9-8(5-7)16(3-4-19-9)11-10(15)12(17)13(11)18;/h1-2,5H,3-4,6,14-15H2;1H. The summed E-state index contributed by atoms with van der Waals surface area (Å²) in [4.78, 5) is 24.6. The first kappa shape index (κ1) is 14.4. The number of nitrogen functional groups attached to an aromatic ring is 1. The van der Waals surface area contributed by atoms with Crippen LogP contribution in [0.3, 0.4) is 0 Å². The minimum Gasteiger partial charge on any atom is -0.490 e. The second-order valence-electron chi connectivity index (χ2n) is 4.43. The molecule has 2 aromatic rings. The minimum absolute atomic E-state index is 0. The van der Waals surface area contributed by atoms with Gasteiger partial charge in [0.15, 0.2) is 0 Å². The van der Waals surface area contributed by atoms with Crippen molar-refractivity contribution in [1.82, 2.24) is 0 Å². The second kappa shape index (κ2) is 5.15. The van der Waals surface area contributed by atoms with E-state index in [1.807, 2.05) is 18.2 Å². The van der Waals surface area contributed by atoms with Crippen LogP contribution in [0.1, 0.15) is 5.56 Å². The summed E-state index contributed by atoms with van der Waals surface area (Å²) in [5, 5.41) is 0. The summed E-state index contributed by atoms with van der Waals surface area (Å²) in [6.07, 6.45) is 0. The van der Waals surface area contributed by atoms with Gasteiger partial charge in [0.05, 0.1) is 12.2 Å². The minimum atomic E-state index is -0.613. The Bertz CT molecular complexity index is 722. The molecule has 0 fully saturated rings. The van der Waals surface area contributed by atoms with Crippen LogP contribution in [-0.4, -0.2) is 13.2 Å². The van der Waals surface area contributed by atoms with Crippen LogP contribution < -0.4 is 32.0 Å². The molecule has 1 heterocycles. The van der Waals surface area contributed by atoms with Crippen LogP contribution in [0.2, 0.25) is 0 Å². The molecule has 0 saturated carbocycles. The van der Waals surface area contributed by atoms with Gasteiger partial charge in [-0.15, -0.1) is 12.4 Å². The average Bonchev–Trinajstić information content (AvgIpc) is 2.46. The number of ether oxygens (including phenoxy) is 1. The molecule has 7 heteroatoms. The van der Waals surface area contributed by atoms with Gasteiger partial charge in [-0.3, -0.25) is 9.59 Å². The fraction of sp³-hybridized carbons (Fsp3) is 0.231. The molecule has 0 unspecified atom stereocenters. The molecule has 0 atom stereocenters. The zero-order valence-corrected chi connectivity index (χ0v) is 11.4. The summed E-state index contributed by atoms with van der Waals surface area (Å²) in [6.45, 7) is 1.31. The Morgan fingerprint density at radius 1 is 1.25 bits per heavy atom. The molecule has 4 N–H and O–H groups in total. The van der Waals surface area contributed by atoms with E-state index in [4.69, 9.17) is 16.2 Å². The molecule has 6 nitrogen and oxygen atoms in total. The van der Waals surface area contributed by atoms with Gasteiger partial charge in [-0.2, -0.15) is 0 Å². The van der Waals surface area contributed by atoms with Gasteiger partial charge >= 0.3 is 0 Å². The normalized spacial score (nSPS) is 13.6. The highest BCUT2D eigenvalue weighted by Crippen LogP contribution is 2.37. The van der Waals surface area contributed by atoms with E-state index in [1.165, 1.54) is 0 Å². The Labute approximate surface area is 121 Å². The molecule has 20 heavy (non-hydrogen) atoms. The first-order valence-corrected chi connectivity index (χ1v) is 5.95. The van der Waals surface area contributed by atoms with Crippen LogP contribution in [-0.2, 0) is 6.54 Å². The molecular formula is C13H14ClN3O3. The fourth-order valence-electron chi connectivity index (χ4n) is 2.29. The largest absolute Gasteiger partial charge is 0.490 e. The molecule has 0 amide bonds. The lowest BCUT2D eigenvalue weighted by Gasteiger charge is -2.32. The third kappa shape index (κ3) is 1.93. The quantitative estimate of drug-likeness (QED) is 0.772. The second-order valence-corrected chi connectivity index (χ2v) is 4.43. The number of hydrogen-bond donors (Lipinski definition) is 2. The maximum absolute atomic E-state index is 11.6. The smallest absolute Gasteiger partial charge is 0.253 e. The van der Waals surface area contributed by atoms with Crippen LogP contribution in [0.5, 0.6) is 5.75 Å². The summed E-state index contributed by atoms with van der Waals surface area (Å²) in [5.74, 6) is 0.663. The number of rotatable bonds is 2. The number of benzene rings is 1. The van der Waals surface area contributed by atoms with E-state index in [-0.39, 0.29) is 23.8 Å². The molecule has 0 radical (unpaired) electrons. The Kier molecular flexibility index (Phi) is 3.69. The maximum atomic E-state index is 11.6. The molecular weight excluding hydrogens is 282 g/mol. The van der Waals surface area contributed by atoms with Gasteiger partial charge < -0.3 is 21.1 Å².